The number of hydrogen-bond acceptors (Lipinski definition) is 3. The number of hydrogen-bond donors (Lipinski definition) is 1. The van der Waals surface area contributed by atoms with Crippen LogP contribution in [0.3, 0.4) is 0 Å². The highest BCUT2D eigenvalue weighted by Crippen LogP contribution is 2.19. The number of benzene rings is 1. The van der Waals surface area contributed by atoms with Gasteiger partial charge < -0.3 is 15.4 Å². The molecule has 0 saturated carbocycles. The largest absolute Gasteiger partial charge is 0.377 e. The molecule has 0 aromatic heterocycles. The van der Waals surface area contributed by atoms with E-state index in [1.165, 1.54) is 16.8 Å². The molecule has 0 aliphatic rings. The van der Waals surface area contributed by atoms with Crippen LogP contribution in [0.1, 0.15) is 25.0 Å². The van der Waals surface area contributed by atoms with E-state index in [1.807, 2.05) is 0 Å². The van der Waals surface area contributed by atoms with Gasteiger partial charge in [0, 0.05) is 25.8 Å². The van der Waals surface area contributed by atoms with Crippen LogP contribution in [0.4, 0.5) is 5.69 Å². The Kier molecular flexibility index (Phi) is 5.45. The zero-order valence-electron chi connectivity index (χ0n) is 11.4. The summed E-state index contributed by atoms with van der Waals surface area (Å²) in [7, 11) is 2.09. The molecule has 0 amide bonds. The van der Waals surface area contributed by atoms with Crippen molar-refractivity contribution in [2.75, 3.05) is 25.1 Å². The second-order valence-electron chi connectivity index (χ2n) is 4.67. The molecule has 0 aliphatic carbocycles. The molecule has 2 N–H and O–H groups in total. The van der Waals surface area contributed by atoms with Crippen molar-refractivity contribution >= 4 is 5.69 Å². The van der Waals surface area contributed by atoms with Crippen LogP contribution in [0.5, 0.6) is 0 Å². The fourth-order valence-electron chi connectivity index (χ4n) is 1.82. The Labute approximate surface area is 105 Å². The average molecular weight is 236 g/mol. The summed E-state index contributed by atoms with van der Waals surface area (Å²) in [6.07, 6.45) is 0.295. The summed E-state index contributed by atoms with van der Waals surface area (Å²) < 4.78 is 5.56. The van der Waals surface area contributed by atoms with E-state index in [0.717, 1.165) is 13.2 Å². The summed E-state index contributed by atoms with van der Waals surface area (Å²) in [5.74, 6) is 0. The Balaban J connectivity index is 2.59. The van der Waals surface area contributed by atoms with Gasteiger partial charge in [0.1, 0.15) is 0 Å². The van der Waals surface area contributed by atoms with Crippen molar-refractivity contribution in [3.63, 3.8) is 0 Å². The van der Waals surface area contributed by atoms with Crippen LogP contribution < -0.4 is 10.6 Å². The normalized spacial score (nSPS) is 10.9. The molecule has 96 valence electrons. The predicted molar refractivity (Wildman–Crippen MR) is 73.4 cm³/mol. The van der Waals surface area contributed by atoms with Crippen molar-refractivity contribution in [1.82, 2.24) is 0 Å². The van der Waals surface area contributed by atoms with Gasteiger partial charge in [0.25, 0.3) is 0 Å². The van der Waals surface area contributed by atoms with Gasteiger partial charge in [-0.3, -0.25) is 0 Å². The monoisotopic (exact) mass is 236 g/mol. The number of nitrogens with two attached hydrogens (primary N) is 1. The van der Waals surface area contributed by atoms with Gasteiger partial charge in [0.15, 0.2) is 0 Å². The van der Waals surface area contributed by atoms with Crippen molar-refractivity contribution in [3.05, 3.63) is 29.3 Å². The molecule has 1 aromatic rings. The van der Waals surface area contributed by atoms with Gasteiger partial charge in [-0.15, -0.1) is 0 Å². The van der Waals surface area contributed by atoms with Gasteiger partial charge in [-0.2, -0.15) is 0 Å². The molecule has 0 spiro atoms. The number of likely N-dealkylation sites (N-methyl/N-ethyl adjacent to an activating group) is 1. The van der Waals surface area contributed by atoms with E-state index >= 15 is 0 Å². The lowest BCUT2D eigenvalue weighted by Crippen LogP contribution is -2.24. The fraction of sp³-hybridized carbons (Fsp3) is 0.571. The average Bonchev–Trinajstić information content (AvgIpc) is 2.28. The molecule has 1 aromatic carbocycles. The third-order valence-corrected chi connectivity index (χ3v) is 2.79. The van der Waals surface area contributed by atoms with E-state index in [4.69, 9.17) is 10.5 Å². The van der Waals surface area contributed by atoms with Gasteiger partial charge in [-0.05, 0) is 38.0 Å². The topological polar surface area (TPSA) is 38.5 Å². The highest BCUT2D eigenvalue weighted by molar-refractivity contribution is 5.53. The van der Waals surface area contributed by atoms with Crippen molar-refractivity contribution in [3.8, 4) is 0 Å². The lowest BCUT2D eigenvalue weighted by atomic mass is 10.1. The molecule has 0 saturated heterocycles. The maximum atomic E-state index is 5.62. The van der Waals surface area contributed by atoms with Gasteiger partial charge >= 0.3 is 0 Å². The Morgan fingerprint density at radius 1 is 1.35 bits per heavy atom. The second kappa shape index (κ2) is 6.62. The van der Waals surface area contributed by atoms with Crippen LogP contribution in [-0.4, -0.2) is 26.3 Å². The number of anilines is 1. The smallest absolute Gasteiger partial charge is 0.0644 e. The number of ether oxygens (including phenoxy) is 1. The first kappa shape index (κ1) is 14.0. The number of nitrogens with zero attached hydrogens (tertiary/aromatic N) is 1. The highest BCUT2D eigenvalue weighted by atomic mass is 16.5. The first-order chi connectivity index (χ1) is 8.04. The van der Waals surface area contributed by atoms with Crippen LogP contribution in [0, 0.1) is 6.92 Å². The fourth-order valence-corrected chi connectivity index (χ4v) is 1.82. The van der Waals surface area contributed by atoms with Crippen LogP contribution >= 0.6 is 0 Å². The molecule has 0 atom stereocenters. The Morgan fingerprint density at radius 2 is 2.06 bits per heavy atom. The molecule has 1 rings (SSSR count). The summed E-state index contributed by atoms with van der Waals surface area (Å²) in [4.78, 5) is 2.22. The minimum absolute atomic E-state index is 0.295. The zero-order valence-corrected chi connectivity index (χ0v) is 11.4. The van der Waals surface area contributed by atoms with E-state index < -0.39 is 0 Å². The molecule has 3 nitrogen and oxygen atoms in total. The van der Waals surface area contributed by atoms with Crippen molar-refractivity contribution in [2.45, 2.75) is 33.4 Å². The van der Waals surface area contributed by atoms with Gasteiger partial charge in [0.05, 0.1) is 12.7 Å². The van der Waals surface area contributed by atoms with Crippen molar-refractivity contribution < 1.29 is 4.74 Å². The van der Waals surface area contributed by atoms with Gasteiger partial charge in [-0.25, -0.2) is 0 Å². The van der Waals surface area contributed by atoms with Crippen molar-refractivity contribution in [1.29, 1.82) is 0 Å². The van der Waals surface area contributed by atoms with Crippen molar-refractivity contribution in [2.24, 2.45) is 5.73 Å². The molecule has 0 aliphatic heterocycles. The molecule has 0 fully saturated rings. The Morgan fingerprint density at radius 3 is 2.59 bits per heavy atom. The molecule has 17 heavy (non-hydrogen) atoms. The molecular formula is C14H24N2O. The summed E-state index contributed by atoms with van der Waals surface area (Å²) in [5.41, 5.74) is 9.31. The summed E-state index contributed by atoms with van der Waals surface area (Å²) in [6.45, 7) is 8.49. The van der Waals surface area contributed by atoms with Gasteiger partial charge in [0.2, 0.25) is 0 Å². The molecule has 3 heteroatoms. The van der Waals surface area contributed by atoms with E-state index in [1.54, 1.807) is 0 Å². The third kappa shape index (κ3) is 4.36. The maximum Gasteiger partial charge on any atom is 0.0644 e. The van der Waals surface area contributed by atoms with E-state index in [0.29, 0.717) is 12.6 Å². The minimum atomic E-state index is 0.295. The maximum absolute atomic E-state index is 5.62. The van der Waals surface area contributed by atoms with E-state index in [9.17, 15) is 0 Å². The predicted octanol–water partition coefficient (Wildman–Crippen LogP) is 2.31. The SMILES string of the molecule is Cc1cc(CN)ccc1N(C)CCOC(C)C. The summed E-state index contributed by atoms with van der Waals surface area (Å²) >= 11 is 0. The molecule has 0 unspecified atom stereocenters. The summed E-state index contributed by atoms with van der Waals surface area (Å²) in [5, 5.41) is 0. The van der Waals surface area contributed by atoms with Gasteiger partial charge in [-0.1, -0.05) is 12.1 Å². The van der Waals surface area contributed by atoms with Crippen LogP contribution in [0.15, 0.2) is 18.2 Å². The molecule has 0 radical (unpaired) electrons. The standard InChI is InChI=1S/C14H24N2O/c1-11(2)17-8-7-16(4)14-6-5-13(10-15)9-12(14)3/h5-6,9,11H,7-8,10,15H2,1-4H3. The molecule has 0 bridgehead atoms. The lowest BCUT2D eigenvalue weighted by molar-refractivity contribution is 0.0846. The second-order valence-corrected chi connectivity index (χ2v) is 4.67. The van der Waals surface area contributed by atoms with Crippen LogP contribution in [-0.2, 0) is 11.3 Å². The lowest BCUT2D eigenvalue weighted by Gasteiger charge is -2.22. The summed E-state index contributed by atoms with van der Waals surface area (Å²) in [6, 6.07) is 6.37. The van der Waals surface area contributed by atoms with E-state index in [-0.39, 0.29) is 0 Å². The first-order valence-electron chi connectivity index (χ1n) is 6.17. The number of rotatable bonds is 6. The minimum Gasteiger partial charge on any atom is -0.377 e. The number of aryl methyl sites for hydroxylation is 1. The van der Waals surface area contributed by atoms with Crippen LogP contribution in [0.25, 0.3) is 0 Å². The Hall–Kier alpha value is -1.06. The quantitative estimate of drug-likeness (QED) is 0.823. The third-order valence-electron chi connectivity index (χ3n) is 2.79. The molecule has 0 heterocycles. The zero-order chi connectivity index (χ0) is 12.8. The van der Waals surface area contributed by atoms with E-state index in [2.05, 4.69) is 50.9 Å². The molecular weight excluding hydrogens is 212 g/mol. The highest BCUT2D eigenvalue weighted by Gasteiger charge is 2.05. The first-order valence-corrected chi connectivity index (χ1v) is 6.17. The van der Waals surface area contributed by atoms with Crippen LogP contribution in [0.2, 0.25) is 0 Å². The Bertz CT molecular complexity index is 350.